The molecule has 0 unspecified atom stereocenters. The van der Waals surface area contributed by atoms with Crippen LogP contribution >= 0.6 is 11.3 Å². The minimum atomic E-state index is -0.412. The number of benzene rings is 1. The van der Waals surface area contributed by atoms with Crippen LogP contribution in [-0.2, 0) is 0 Å². The van der Waals surface area contributed by atoms with Gasteiger partial charge in [-0.15, -0.1) is 11.3 Å². The number of aromatic amines is 1. The van der Waals surface area contributed by atoms with Gasteiger partial charge in [0.25, 0.3) is 5.91 Å². The van der Waals surface area contributed by atoms with Gasteiger partial charge in [-0.2, -0.15) is 10.2 Å². The topological polar surface area (TPSA) is 70.1 Å². The van der Waals surface area contributed by atoms with Crippen LogP contribution in [0.2, 0.25) is 0 Å². The van der Waals surface area contributed by atoms with Crippen LogP contribution < -0.4 is 5.43 Å². The lowest BCUT2D eigenvalue weighted by molar-refractivity contribution is 0.0956. The van der Waals surface area contributed by atoms with E-state index in [0.717, 1.165) is 4.88 Å². The van der Waals surface area contributed by atoms with Crippen molar-refractivity contribution < 1.29 is 9.18 Å². The highest BCUT2D eigenvalue weighted by atomic mass is 32.1. The normalized spacial score (nSPS) is 11.0. The summed E-state index contributed by atoms with van der Waals surface area (Å²) in [5, 5.41) is 12.4. The number of carbonyl (C=O) groups excluding carboxylic acids is 1. The lowest BCUT2D eigenvalue weighted by atomic mass is 10.2. The summed E-state index contributed by atoms with van der Waals surface area (Å²) < 4.78 is 13.4. The van der Waals surface area contributed by atoms with Crippen molar-refractivity contribution in [3.63, 3.8) is 0 Å². The van der Waals surface area contributed by atoms with Gasteiger partial charge in [0.1, 0.15) is 5.82 Å². The van der Waals surface area contributed by atoms with E-state index in [1.807, 2.05) is 17.5 Å². The van der Waals surface area contributed by atoms with Crippen LogP contribution in [0.25, 0.3) is 10.6 Å². The first-order valence-corrected chi connectivity index (χ1v) is 7.29. The third kappa shape index (κ3) is 2.94. The fourth-order valence-electron chi connectivity index (χ4n) is 1.87. The van der Waals surface area contributed by atoms with E-state index in [9.17, 15) is 9.18 Å². The molecule has 0 atom stereocenters. The van der Waals surface area contributed by atoms with Gasteiger partial charge in [0.15, 0.2) is 0 Å². The molecule has 22 heavy (non-hydrogen) atoms. The van der Waals surface area contributed by atoms with Crippen LogP contribution in [0.5, 0.6) is 0 Å². The van der Waals surface area contributed by atoms with Crippen LogP contribution in [0.4, 0.5) is 4.39 Å². The minimum Gasteiger partial charge on any atom is -0.276 e. The number of rotatable bonds is 4. The minimum absolute atomic E-state index is 0.300. The van der Waals surface area contributed by atoms with Crippen LogP contribution in [0.3, 0.4) is 0 Å². The Kier molecular flexibility index (Phi) is 4.06. The molecule has 0 aliphatic rings. The summed E-state index contributed by atoms with van der Waals surface area (Å²) in [6.07, 6.45) is 2.70. The van der Waals surface area contributed by atoms with Crippen molar-refractivity contribution in [2.45, 2.75) is 0 Å². The largest absolute Gasteiger partial charge is 0.276 e. The Labute approximate surface area is 129 Å². The predicted molar refractivity (Wildman–Crippen MR) is 83.4 cm³/mol. The molecule has 3 rings (SSSR count). The summed E-state index contributed by atoms with van der Waals surface area (Å²) in [6, 6.07) is 9.95. The van der Waals surface area contributed by atoms with Crippen molar-refractivity contribution in [1.82, 2.24) is 15.6 Å². The highest BCUT2D eigenvalue weighted by molar-refractivity contribution is 7.13. The Balaban J connectivity index is 1.74. The summed E-state index contributed by atoms with van der Waals surface area (Å²) in [5.74, 6) is -0.812. The third-order valence-electron chi connectivity index (χ3n) is 2.93. The number of nitrogens with zero attached hydrogens (tertiary/aromatic N) is 2. The van der Waals surface area contributed by atoms with E-state index in [4.69, 9.17) is 0 Å². The molecule has 110 valence electrons. The zero-order valence-corrected chi connectivity index (χ0v) is 12.1. The van der Waals surface area contributed by atoms with Crippen molar-refractivity contribution in [1.29, 1.82) is 0 Å². The molecule has 2 heterocycles. The molecule has 0 bridgehead atoms. The quantitative estimate of drug-likeness (QED) is 0.574. The van der Waals surface area contributed by atoms with E-state index >= 15 is 0 Å². The summed E-state index contributed by atoms with van der Waals surface area (Å²) >= 11 is 1.50. The van der Waals surface area contributed by atoms with Crippen LogP contribution in [0.1, 0.15) is 15.9 Å². The first-order valence-electron chi connectivity index (χ1n) is 6.41. The summed E-state index contributed by atoms with van der Waals surface area (Å²) in [5.41, 5.74) is 3.69. The first kappa shape index (κ1) is 14.2. The van der Waals surface area contributed by atoms with Gasteiger partial charge >= 0.3 is 0 Å². The Bertz CT molecular complexity index is 811. The Morgan fingerprint density at radius 3 is 2.95 bits per heavy atom. The van der Waals surface area contributed by atoms with Crippen molar-refractivity contribution in [3.05, 3.63) is 64.9 Å². The van der Waals surface area contributed by atoms with E-state index in [1.165, 1.54) is 29.8 Å². The molecule has 0 aliphatic carbocycles. The lowest BCUT2D eigenvalue weighted by Gasteiger charge is -2.00. The van der Waals surface area contributed by atoms with Crippen LogP contribution in [0, 0.1) is 5.82 Å². The Hall–Kier alpha value is -2.80. The molecule has 2 N–H and O–H groups in total. The molecular formula is C15H11FN4OS. The summed E-state index contributed by atoms with van der Waals surface area (Å²) in [7, 11) is 0. The van der Waals surface area contributed by atoms with E-state index < -0.39 is 11.7 Å². The molecule has 0 aliphatic heterocycles. The SMILES string of the molecule is O=C(N/N=C\c1ccccc1F)c1cn[nH]c1-c1cccs1. The third-order valence-corrected chi connectivity index (χ3v) is 3.81. The molecule has 3 aromatic rings. The van der Waals surface area contributed by atoms with Crippen molar-refractivity contribution >= 4 is 23.5 Å². The van der Waals surface area contributed by atoms with Crippen LogP contribution in [-0.4, -0.2) is 22.3 Å². The zero-order valence-electron chi connectivity index (χ0n) is 11.3. The van der Waals surface area contributed by atoms with Gasteiger partial charge in [-0.3, -0.25) is 9.89 Å². The van der Waals surface area contributed by atoms with Gasteiger partial charge in [-0.05, 0) is 17.5 Å². The average molecular weight is 314 g/mol. The number of hydrogen-bond acceptors (Lipinski definition) is 4. The average Bonchev–Trinajstić information content (AvgIpc) is 3.19. The monoisotopic (exact) mass is 314 g/mol. The highest BCUT2D eigenvalue weighted by Crippen LogP contribution is 2.25. The van der Waals surface area contributed by atoms with E-state index in [-0.39, 0.29) is 0 Å². The van der Waals surface area contributed by atoms with Crippen molar-refractivity contribution in [2.24, 2.45) is 5.10 Å². The Morgan fingerprint density at radius 2 is 2.18 bits per heavy atom. The van der Waals surface area contributed by atoms with Gasteiger partial charge < -0.3 is 0 Å². The first-order chi connectivity index (χ1) is 10.8. The van der Waals surface area contributed by atoms with Crippen molar-refractivity contribution in [2.75, 3.05) is 0 Å². The molecule has 0 spiro atoms. The fraction of sp³-hybridized carbons (Fsp3) is 0. The number of amides is 1. The zero-order chi connectivity index (χ0) is 15.4. The van der Waals surface area contributed by atoms with Gasteiger partial charge in [0.05, 0.1) is 28.5 Å². The van der Waals surface area contributed by atoms with Crippen LogP contribution in [0.15, 0.2) is 53.1 Å². The number of thiophene rings is 1. The van der Waals surface area contributed by atoms with Gasteiger partial charge in [-0.25, -0.2) is 9.82 Å². The molecule has 0 saturated carbocycles. The van der Waals surface area contributed by atoms with Gasteiger partial charge in [0.2, 0.25) is 0 Å². The van der Waals surface area contributed by atoms with E-state index in [0.29, 0.717) is 16.8 Å². The smallest absolute Gasteiger partial charge is 0.275 e. The molecule has 0 fully saturated rings. The van der Waals surface area contributed by atoms with E-state index in [2.05, 4.69) is 20.7 Å². The number of aromatic nitrogens is 2. The molecule has 1 amide bonds. The number of hydrazone groups is 1. The predicted octanol–water partition coefficient (Wildman–Crippen LogP) is 3.04. The molecule has 7 heteroatoms. The number of hydrogen-bond donors (Lipinski definition) is 2. The number of carbonyl (C=O) groups is 1. The van der Waals surface area contributed by atoms with Gasteiger partial charge in [0, 0.05) is 5.56 Å². The Morgan fingerprint density at radius 1 is 1.32 bits per heavy atom. The molecule has 2 aromatic heterocycles. The number of halogens is 1. The molecular weight excluding hydrogens is 303 g/mol. The van der Waals surface area contributed by atoms with Gasteiger partial charge in [-0.1, -0.05) is 24.3 Å². The summed E-state index contributed by atoms with van der Waals surface area (Å²) in [6.45, 7) is 0. The fourth-order valence-corrected chi connectivity index (χ4v) is 2.60. The number of H-pyrrole nitrogens is 1. The molecule has 0 radical (unpaired) electrons. The van der Waals surface area contributed by atoms with Crippen molar-refractivity contribution in [3.8, 4) is 10.6 Å². The molecule has 0 saturated heterocycles. The standard InChI is InChI=1S/C15H11FN4OS/c16-12-5-2-1-4-10(12)8-17-20-15(21)11-9-18-19-14(11)13-6-3-7-22-13/h1-9H,(H,18,19)(H,20,21)/b17-8-. The summed E-state index contributed by atoms with van der Waals surface area (Å²) in [4.78, 5) is 13.0. The maximum Gasteiger partial charge on any atom is 0.275 e. The second-order valence-electron chi connectivity index (χ2n) is 4.36. The maximum absolute atomic E-state index is 13.4. The lowest BCUT2D eigenvalue weighted by Crippen LogP contribution is -2.17. The second-order valence-corrected chi connectivity index (χ2v) is 5.30. The molecule has 5 nitrogen and oxygen atoms in total. The number of nitrogens with one attached hydrogen (secondary N) is 2. The molecule has 1 aromatic carbocycles. The maximum atomic E-state index is 13.4. The van der Waals surface area contributed by atoms with E-state index in [1.54, 1.807) is 18.2 Å². The second kappa shape index (κ2) is 6.31. The highest BCUT2D eigenvalue weighted by Gasteiger charge is 2.15.